The molecule has 0 aromatic rings. The van der Waals surface area contributed by atoms with E-state index in [1.807, 2.05) is 6.92 Å². The number of carbonyl (C=O) groups is 1. The Balaban J connectivity index is 0. The molecular weight excluding hydrogens is 522 g/mol. The molecule has 0 heterocycles. The molecular formula is C5H11I3NOV. The molecule has 0 saturated carbocycles. The monoisotopic (exact) mass is 533 g/mol. The molecule has 0 radical (unpaired) electrons. The van der Waals surface area contributed by atoms with Crippen molar-refractivity contribution in [3.05, 3.63) is 0 Å². The Morgan fingerprint density at radius 3 is 1.73 bits per heavy atom. The fourth-order valence-electron chi connectivity index (χ4n) is 0.203. The van der Waals surface area contributed by atoms with Crippen LogP contribution in [0.2, 0.25) is 0 Å². The van der Waals surface area contributed by atoms with Crippen molar-refractivity contribution in [1.29, 1.82) is 0 Å². The predicted octanol–water partition coefficient (Wildman–Crippen LogP) is 2.84. The number of nitrogens with one attached hydrogen (secondary N) is 1. The van der Waals surface area contributed by atoms with Gasteiger partial charge in [0.15, 0.2) is 0 Å². The summed E-state index contributed by atoms with van der Waals surface area (Å²) in [6.07, 6.45) is 0. The van der Waals surface area contributed by atoms with Gasteiger partial charge < -0.3 is 5.32 Å². The third-order valence-corrected chi connectivity index (χ3v) is 1.04. The first-order valence-corrected chi connectivity index (χ1v) is 16.4. The Bertz CT molecular complexity index is 109. The maximum atomic E-state index is 10.3. The van der Waals surface area contributed by atoms with Crippen LogP contribution < -0.4 is 5.32 Å². The number of hydrogen-bond acceptors (Lipinski definition) is 2. The summed E-state index contributed by atoms with van der Waals surface area (Å²) in [5, 5.41) is 2.81. The Morgan fingerprint density at radius 2 is 1.73 bits per heavy atom. The number of rotatable bonds is 2. The summed E-state index contributed by atoms with van der Waals surface area (Å²) in [6.45, 7) is 3.41. The normalized spacial score (nSPS) is 11.9. The van der Waals surface area contributed by atoms with Gasteiger partial charge in [-0.2, -0.15) is 0 Å². The molecule has 0 rings (SSSR count). The molecule has 0 fully saturated rings. The van der Waals surface area contributed by atoms with Gasteiger partial charge in [0.1, 0.15) is 5.78 Å². The van der Waals surface area contributed by atoms with E-state index in [2.05, 4.69) is 65.3 Å². The minimum absolute atomic E-state index is 0.0139. The first kappa shape index (κ1) is 15.9. The van der Waals surface area contributed by atoms with E-state index in [-0.39, 0.29) is 16.7 Å². The second-order valence-electron chi connectivity index (χ2n) is 1.81. The standard InChI is InChI=1S/C5H11NO.3HI.V/c1-4(6-3)5(2)7;;;;/h4,6H,1-3H3;3*1H;/q;;;;+3/p-3. The van der Waals surface area contributed by atoms with Gasteiger partial charge in [-0.3, -0.25) is 4.79 Å². The van der Waals surface area contributed by atoms with Crippen LogP contribution in [0.3, 0.4) is 0 Å². The molecule has 1 unspecified atom stereocenters. The summed E-state index contributed by atoms with van der Waals surface area (Å²) in [6, 6.07) is 0.0139. The third kappa shape index (κ3) is 19.0. The summed E-state index contributed by atoms with van der Waals surface area (Å²) in [5.41, 5.74) is 0. The van der Waals surface area contributed by atoms with Crippen LogP contribution >= 0.6 is 59.9 Å². The summed E-state index contributed by atoms with van der Waals surface area (Å²) in [7, 11) is 1.77. The second-order valence-corrected chi connectivity index (χ2v) is 37.2. The van der Waals surface area contributed by atoms with Crippen molar-refractivity contribution in [3.63, 3.8) is 0 Å². The molecule has 0 bridgehead atoms. The van der Waals surface area contributed by atoms with Crippen LogP contribution in [0.1, 0.15) is 13.8 Å². The van der Waals surface area contributed by atoms with E-state index in [1.54, 1.807) is 14.0 Å². The molecule has 0 aliphatic heterocycles. The van der Waals surface area contributed by atoms with E-state index in [4.69, 9.17) is 0 Å². The molecule has 0 saturated heterocycles. The molecule has 6 heteroatoms. The number of halogens is 3. The van der Waals surface area contributed by atoms with Crippen molar-refractivity contribution in [2.75, 3.05) is 7.05 Å². The van der Waals surface area contributed by atoms with Gasteiger partial charge in [-0.25, -0.2) is 0 Å². The second kappa shape index (κ2) is 10.5. The SMILES string of the molecule is CNC(C)C(C)=O.[I][V]([I])[I]. The van der Waals surface area contributed by atoms with Gasteiger partial charge in [-0.1, -0.05) is 0 Å². The third-order valence-electron chi connectivity index (χ3n) is 1.04. The van der Waals surface area contributed by atoms with Gasteiger partial charge in [0.05, 0.1) is 6.04 Å². The quantitative estimate of drug-likeness (QED) is 0.555. The predicted molar refractivity (Wildman–Crippen MR) is 71.3 cm³/mol. The maximum absolute atomic E-state index is 10.3. The molecule has 0 spiro atoms. The molecule has 0 aromatic carbocycles. The number of hydrogen-bond donors (Lipinski definition) is 1. The van der Waals surface area contributed by atoms with E-state index in [9.17, 15) is 4.79 Å². The van der Waals surface area contributed by atoms with Crippen LogP contribution in [0.5, 0.6) is 0 Å². The average molecular weight is 533 g/mol. The summed E-state index contributed by atoms with van der Waals surface area (Å²) < 4.78 is 0. The van der Waals surface area contributed by atoms with Gasteiger partial charge in [-0.05, 0) is 20.9 Å². The van der Waals surface area contributed by atoms with Crippen LogP contribution in [-0.4, -0.2) is 18.9 Å². The van der Waals surface area contributed by atoms with E-state index in [0.717, 1.165) is 0 Å². The molecule has 0 aromatic heterocycles. The Hall–Kier alpha value is 2.40. The van der Waals surface area contributed by atoms with Crippen molar-refractivity contribution in [1.82, 2.24) is 5.32 Å². The van der Waals surface area contributed by atoms with E-state index in [0.29, 0.717) is 0 Å². The number of likely N-dealkylation sites (N-methyl/N-ethyl adjacent to an activating group) is 1. The van der Waals surface area contributed by atoms with Crippen molar-refractivity contribution in [2.24, 2.45) is 0 Å². The van der Waals surface area contributed by atoms with E-state index < -0.39 is 0 Å². The molecule has 0 amide bonds. The molecule has 0 aliphatic rings. The van der Waals surface area contributed by atoms with Gasteiger partial charge in [0.25, 0.3) is 0 Å². The zero-order valence-electron chi connectivity index (χ0n) is 6.57. The van der Waals surface area contributed by atoms with Crippen LogP contribution in [0.25, 0.3) is 0 Å². The Morgan fingerprint density at radius 1 is 1.45 bits per heavy atom. The van der Waals surface area contributed by atoms with Gasteiger partial charge in [-0.15, -0.1) is 0 Å². The molecule has 11 heavy (non-hydrogen) atoms. The number of carbonyl (C=O) groups excluding carboxylic acids is 1. The van der Waals surface area contributed by atoms with Crippen LogP contribution in [0.4, 0.5) is 0 Å². The number of Topliss-reactive ketones (excluding diaryl/α,β-unsaturated/α-hetero) is 1. The number of ketones is 1. The van der Waals surface area contributed by atoms with Crippen LogP contribution in [0, 0.1) is 0 Å². The summed E-state index contributed by atoms with van der Waals surface area (Å²) >= 11 is 7.39. The van der Waals surface area contributed by atoms with Gasteiger partial charge in [0.2, 0.25) is 0 Å². The molecule has 2 nitrogen and oxygen atoms in total. The van der Waals surface area contributed by atoms with Crippen molar-refractivity contribution in [2.45, 2.75) is 19.9 Å². The molecule has 1 atom stereocenters. The van der Waals surface area contributed by atoms with Crippen LogP contribution in [-0.2, 0) is 9.72 Å². The first-order chi connectivity index (χ1) is 4.91. The minimum atomic E-state index is -0.278. The molecule has 68 valence electrons. The Kier molecular flexibility index (Phi) is 15.1. The van der Waals surface area contributed by atoms with E-state index in [1.165, 1.54) is 0 Å². The van der Waals surface area contributed by atoms with Crippen molar-refractivity contribution in [3.8, 4) is 0 Å². The van der Waals surface area contributed by atoms with Crippen molar-refractivity contribution >= 4 is 65.7 Å². The van der Waals surface area contributed by atoms with E-state index >= 15 is 0 Å². The summed E-state index contributed by atoms with van der Waals surface area (Å²) in [4.78, 5) is 10.0. The van der Waals surface area contributed by atoms with Gasteiger partial charge in [0, 0.05) is 0 Å². The van der Waals surface area contributed by atoms with Crippen LogP contribution in [0.15, 0.2) is 0 Å². The molecule has 1 N–H and O–H groups in total. The molecule has 0 aliphatic carbocycles. The summed E-state index contributed by atoms with van der Waals surface area (Å²) in [5.74, 6) is 0.183. The van der Waals surface area contributed by atoms with Gasteiger partial charge >= 0.3 is 64.9 Å². The topological polar surface area (TPSA) is 29.1 Å². The van der Waals surface area contributed by atoms with Crippen molar-refractivity contribution < 1.29 is 9.72 Å². The fourth-order valence-corrected chi connectivity index (χ4v) is 0.203. The zero-order chi connectivity index (χ0) is 9.44. The fraction of sp³-hybridized carbons (Fsp3) is 0.800. The zero-order valence-corrected chi connectivity index (χ0v) is 14.4. The first-order valence-electron chi connectivity index (χ1n) is 2.87. The average Bonchev–Trinajstić information content (AvgIpc) is 1.85. The Labute approximate surface area is 106 Å².